The van der Waals surface area contributed by atoms with Gasteiger partial charge in [0.2, 0.25) is 0 Å². The maximum absolute atomic E-state index is 13.5. The summed E-state index contributed by atoms with van der Waals surface area (Å²) in [5, 5.41) is 5.05. The summed E-state index contributed by atoms with van der Waals surface area (Å²) in [4.78, 5) is 28.9. The average molecular weight is 435 g/mol. The molecule has 0 radical (unpaired) electrons. The van der Waals surface area contributed by atoms with Crippen LogP contribution in [0.25, 0.3) is 5.57 Å². The Morgan fingerprint density at radius 3 is 2.23 bits per heavy atom. The first-order chi connectivity index (χ1) is 15.2. The third-order valence-electron chi connectivity index (χ3n) is 4.70. The molecule has 7 heteroatoms. The molecule has 0 atom stereocenters. The fraction of sp³-hybridized carbons (Fsp3) is 0.167. The number of carbonyl (C=O) groups is 2. The molecule has 1 aromatic heterocycles. The number of hydrogen-bond donors (Lipinski definition) is 1. The molecule has 2 aromatic carbocycles. The lowest BCUT2D eigenvalue weighted by molar-refractivity contribution is -0.120. The van der Waals surface area contributed by atoms with Gasteiger partial charge in [-0.3, -0.25) is 9.59 Å². The first-order valence-electron chi connectivity index (χ1n) is 10.0. The summed E-state index contributed by atoms with van der Waals surface area (Å²) in [6.07, 6.45) is 0. The van der Waals surface area contributed by atoms with Crippen LogP contribution in [0.15, 0.2) is 71.7 Å². The van der Waals surface area contributed by atoms with Crippen molar-refractivity contribution in [3.63, 3.8) is 0 Å². The topological polar surface area (TPSA) is 67.9 Å². The van der Waals surface area contributed by atoms with Crippen molar-refractivity contribution in [2.24, 2.45) is 0 Å². The summed E-state index contributed by atoms with van der Waals surface area (Å²) in [5.41, 5.74) is 1.58. The number of nitrogens with one attached hydrogen (secondary N) is 1. The van der Waals surface area contributed by atoms with E-state index in [1.165, 1.54) is 16.2 Å². The molecule has 1 aliphatic heterocycles. The van der Waals surface area contributed by atoms with Crippen LogP contribution in [-0.2, 0) is 9.59 Å². The molecular formula is C24H22N2O4S. The summed E-state index contributed by atoms with van der Waals surface area (Å²) in [6.45, 7) is 4.66. The maximum atomic E-state index is 13.5. The molecule has 0 fully saturated rings. The molecule has 1 aliphatic rings. The van der Waals surface area contributed by atoms with Gasteiger partial charge in [-0.25, -0.2) is 4.90 Å². The Labute approximate surface area is 184 Å². The Balaban J connectivity index is 1.80. The first-order valence-corrected chi connectivity index (χ1v) is 10.9. The summed E-state index contributed by atoms with van der Waals surface area (Å²) in [6, 6.07) is 18.1. The minimum atomic E-state index is -0.438. The summed E-state index contributed by atoms with van der Waals surface area (Å²) >= 11 is 1.41. The van der Waals surface area contributed by atoms with E-state index < -0.39 is 11.8 Å². The molecule has 1 N–H and O–H groups in total. The molecule has 2 heterocycles. The summed E-state index contributed by atoms with van der Waals surface area (Å²) < 4.78 is 11.4. The smallest absolute Gasteiger partial charge is 0.282 e. The fourth-order valence-corrected chi connectivity index (χ4v) is 4.19. The summed E-state index contributed by atoms with van der Waals surface area (Å²) in [5.74, 6) is 0.257. The minimum Gasteiger partial charge on any atom is -0.492 e. The lowest BCUT2D eigenvalue weighted by Crippen LogP contribution is -2.32. The van der Waals surface area contributed by atoms with Crippen LogP contribution in [0.4, 0.5) is 11.4 Å². The van der Waals surface area contributed by atoms with Crippen LogP contribution in [0.3, 0.4) is 0 Å². The largest absolute Gasteiger partial charge is 0.492 e. The van der Waals surface area contributed by atoms with Crippen LogP contribution in [-0.4, -0.2) is 25.0 Å². The van der Waals surface area contributed by atoms with Crippen molar-refractivity contribution in [1.82, 2.24) is 0 Å². The van der Waals surface area contributed by atoms with Crippen molar-refractivity contribution in [2.75, 3.05) is 23.4 Å². The first kappa shape index (κ1) is 20.7. The van der Waals surface area contributed by atoms with Gasteiger partial charge >= 0.3 is 0 Å². The highest BCUT2D eigenvalue weighted by molar-refractivity contribution is 7.11. The molecule has 6 nitrogen and oxygen atoms in total. The number of amides is 2. The molecule has 2 amide bonds. The van der Waals surface area contributed by atoms with Crippen molar-refractivity contribution >= 4 is 40.1 Å². The number of hydrogen-bond acceptors (Lipinski definition) is 6. The lowest BCUT2D eigenvalue weighted by Gasteiger charge is -2.19. The van der Waals surface area contributed by atoms with E-state index in [-0.39, 0.29) is 5.70 Å². The molecule has 158 valence electrons. The van der Waals surface area contributed by atoms with Crippen LogP contribution in [0, 0.1) is 0 Å². The second-order valence-electron chi connectivity index (χ2n) is 6.63. The Morgan fingerprint density at radius 2 is 1.52 bits per heavy atom. The van der Waals surface area contributed by atoms with Gasteiger partial charge in [0.05, 0.1) is 30.2 Å². The average Bonchev–Trinajstić information content (AvgIpc) is 3.37. The Kier molecular flexibility index (Phi) is 6.04. The number of anilines is 2. The minimum absolute atomic E-state index is 0.214. The SMILES string of the molecule is CCOc1ccccc1NC1=C(c2cccs2)C(=O)N(c2ccccc2OCC)C1=O. The second kappa shape index (κ2) is 9.06. The third kappa shape index (κ3) is 3.92. The van der Waals surface area contributed by atoms with E-state index in [9.17, 15) is 9.59 Å². The Bertz CT molecular complexity index is 1140. The zero-order valence-corrected chi connectivity index (χ0v) is 18.1. The molecule has 0 spiro atoms. The third-order valence-corrected chi connectivity index (χ3v) is 5.59. The summed E-state index contributed by atoms with van der Waals surface area (Å²) in [7, 11) is 0. The van der Waals surface area contributed by atoms with Crippen LogP contribution < -0.4 is 19.7 Å². The second-order valence-corrected chi connectivity index (χ2v) is 7.58. The highest BCUT2D eigenvalue weighted by Gasteiger charge is 2.42. The number of thiophene rings is 1. The number of nitrogens with zero attached hydrogens (tertiary/aromatic N) is 1. The van der Waals surface area contributed by atoms with Crippen molar-refractivity contribution < 1.29 is 19.1 Å². The predicted octanol–water partition coefficient (Wildman–Crippen LogP) is 4.94. The van der Waals surface area contributed by atoms with E-state index in [1.807, 2.05) is 61.7 Å². The molecule has 0 unspecified atom stereocenters. The number of rotatable bonds is 8. The van der Waals surface area contributed by atoms with Gasteiger partial charge in [0.25, 0.3) is 11.8 Å². The number of ether oxygens (including phenoxy) is 2. The van der Waals surface area contributed by atoms with E-state index >= 15 is 0 Å². The van der Waals surface area contributed by atoms with E-state index in [4.69, 9.17) is 9.47 Å². The zero-order valence-electron chi connectivity index (χ0n) is 17.3. The van der Waals surface area contributed by atoms with Crippen LogP contribution in [0.2, 0.25) is 0 Å². The molecule has 0 aliphatic carbocycles. The van der Waals surface area contributed by atoms with Gasteiger partial charge < -0.3 is 14.8 Å². The van der Waals surface area contributed by atoms with Crippen molar-refractivity contribution in [2.45, 2.75) is 13.8 Å². The van der Waals surface area contributed by atoms with E-state index in [0.29, 0.717) is 46.5 Å². The van der Waals surface area contributed by atoms with E-state index in [0.717, 1.165) is 0 Å². The number of imide groups is 1. The van der Waals surface area contributed by atoms with Crippen molar-refractivity contribution in [3.8, 4) is 11.5 Å². The molecular weight excluding hydrogens is 412 g/mol. The van der Waals surface area contributed by atoms with Gasteiger partial charge in [0.1, 0.15) is 17.2 Å². The number of para-hydroxylation sites is 4. The Morgan fingerprint density at radius 1 is 0.839 bits per heavy atom. The molecule has 0 saturated heterocycles. The standard InChI is InChI=1S/C24H22N2O4S/c1-3-29-18-12-7-5-10-16(18)25-22-21(20-14-9-15-31-20)23(27)26(24(22)28)17-11-6-8-13-19(17)30-4-2/h5-15,25H,3-4H2,1-2H3. The molecule has 0 saturated carbocycles. The van der Waals surface area contributed by atoms with Crippen LogP contribution in [0.5, 0.6) is 11.5 Å². The van der Waals surface area contributed by atoms with Crippen molar-refractivity contribution in [3.05, 3.63) is 76.6 Å². The highest BCUT2D eigenvalue weighted by atomic mass is 32.1. The molecule has 3 aromatic rings. The van der Waals surface area contributed by atoms with Gasteiger partial charge in [0, 0.05) is 4.88 Å². The highest BCUT2D eigenvalue weighted by Crippen LogP contribution is 2.39. The number of carbonyl (C=O) groups excluding carboxylic acids is 2. The van der Waals surface area contributed by atoms with Gasteiger partial charge in [-0.05, 0) is 49.6 Å². The predicted molar refractivity (Wildman–Crippen MR) is 123 cm³/mol. The Hall–Kier alpha value is -3.58. The molecule has 31 heavy (non-hydrogen) atoms. The van der Waals surface area contributed by atoms with E-state index in [1.54, 1.807) is 18.2 Å². The number of benzene rings is 2. The van der Waals surface area contributed by atoms with Crippen molar-refractivity contribution in [1.29, 1.82) is 0 Å². The van der Waals surface area contributed by atoms with Gasteiger partial charge in [-0.15, -0.1) is 11.3 Å². The molecule has 0 bridgehead atoms. The quantitative estimate of drug-likeness (QED) is 0.509. The van der Waals surface area contributed by atoms with Crippen LogP contribution in [0.1, 0.15) is 18.7 Å². The monoisotopic (exact) mass is 434 g/mol. The zero-order chi connectivity index (χ0) is 21.8. The van der Waals surface area contributed by atoms with Gasteiger partial charge in [-0.2, -0.15) is 0 Å². The van der Waals surface area contributed by atoms with Gasteiger partial charge in [0.15, 0.2) is 0 Å². The fourth-order valence-electron chi connectivity index (χ4n) is 3.42. The lowest BCUT2D eigenvalue weighted by atomic mass is 10.1. The molecule has 4 rings (SSSR count). The normalized spacial score (nSPS) is 13.7. The van der Waals surface area contributed by atoms with Gasteiger partial charge in [-0.1, -0.05) is 30.3 Å². The maximum Gasteiger partial charge on any atom is 0.282 e. The van der Waals surface area contributed by atoms with E-state index in [2.05, 4.69) is 5.32 Å². The van der Waals surface area contributed by atoms with Crippen LogP contribution >= 0.6 is 11.3 Å².